The highest BCUT2D eigenvalue weighted by Crippen LogP contribution is 2.32. The highest BCUT2D eigenvalue weighted by Gasteiger charge is 2.17. The molecule has 2 aromatic heterocycles. The first-order valence-corrected chi connectivity index (χ1v) is 12.7. The summed E-state index contributed by atoms with van der Waals surface area (Å²) in [5.41, 5.74) is 3.39. The Morgan fingerprint density at radius 2 is 1.70 bits per heavy atom. The molecule has 3 N–H and O–H groups in total. The molecule has 0 saturated carbocycles. The summed E-state index contributed by atoms with van der Waals surface area (Å²) in [6.07, 6.45) is 0.866. The number of aromatic amines is 1. The zero-order valence-electron chi connectivity index (χ0n) is 21.6. The molecule has 2 amide bonds. The van der Waals surface area contributed by atoms with E-state index in [9.17, 15) is 13.6 Å². The summed E-state index contributed by atoms with van der Waals surface area (Å²) >= 11 is 0. The summed E-state index contributed by atoms with van der Waals surface area (Å²) in [4.78, 5) is 20.0. The third kappa shape index (κ3) is 6.26. The molecule has 0 aliphatic rings. The van der Waals surface area contributed by atoms with E-state index in [0.29, 0.717) is 47.7 Å². The van der Waals surface area contributed by atoms with Crippen LogP contribution < -0.4 is 15.5 Å². The van der Waals surface area contributed by atoms with E-state index in [0.717, 1.165) is 29.7 Å². The first-order chi connectivity index (χ1) is 19.5. The quantitative estimate of drug-likeness (QED) is 0.203. The number of H-pyrrole nitrogens is 1. The summed E-state index contributed by atoms with van der Waals surface area (Å²) in [6.45, 7) is 3.39. The molecule has 0 saturated heterocycles. The fourth-order valence-electron chi connectivity index (χ4n) is 4.29. The first-order valence-electron chi connectivity index (χ1n) is 12.7. The number of benzene rings is 3. The number of amides is 2. The zero-order chi connectivity index (χ0) is 27.9. The molecule has 0 aliphatic heterocycles. The lowest BCUT2D eigenvalue weighted by atomic mass is 10.0. The molecule has 5 aromatic rings. The zero-order valence-corrected chi connectivity index (χ0v) is 21.6. The fraction of sp³-hybridized carbons (Fsp3) is 0.138. The molecular formula is C29H26F2N8O. The number of anilines is 3. The minimum absolute atomic E-state index is 0.146. The second-order valence-electron chi connectivity index (χ2n) is 8.99. The Hall–Kier alpha value is -5.19. The highest BCUT2D eigenvalue weighted by molar-refractivity contribution is 6.00. The van der Waals surface area contributed by atoms with Crippen LogP contribution in [0, 0.1) is 11.6 Å². The predicted molar refractivity (Wildman–Crippen MR) is 150 cm³/mol. The summed E-state index contributed by atoms with van der Waals surface area (Å²) in [6, 6.07) is 23.2. The topological polar surface area (TPSA) is 112 Å². The summed E-state index contributed by atoms with van der Waals surface area (Å²) in [7, 11) is 0. The van der Waals surface area contributed by atoms with E-state index < -0.39 is 17.7 Å². The number of carbonyl (C=O) groups excluding carboxylic acids is 1. The van der Waals surface area contributed by atoms with Crippen LogP contribution in [0.5, 0.6) is 0 Å². The van der Waals surface area contributed by atoms with E-state index in [4.69, 9.17) is 4.98 Å². The molecule has 0 unspecified atom stereocenters. The van der Waals surface area contributed by atoms with Crippen molar-refractivity contribution in [1.29, 1.82) is 0 Å². The molecule has 2 heterocycles. The number of rotatable bonds is 9. The van der Waals surface area contributed by atoms with E-state index >= 15 is 0 Å². The molecule has 9 nitrogen and oxygen atoms in total. The number of nitrogens with one attached hydrogen (secondary N) is 3. The second-order valence-corrected chi connectivity index (χ2v) is 8.99. The minimum Gasteiger partial charge on any atom is -0.352 e. The molecule has 5 rings (SSSR count). The largest absolute Gasteiger partial charge is 0.352 e. The summed E-state index contributed by atoms with van der Waals surface area (Å²) in [5, 5.41) is 19.6. The van der Waals surface area contributed by atoms with Crippen molar-refractivity contribution in [2.45, 2.75) is 19.9 Å². The predicted octanol–water partition coefficient (Wildman–Crippen LogP) is 6.27. The van der Waals surface area contributed by atoms with Crippen LogP contribution in [0.15, 0.2) is 84.9 Å². The fourth-order valence-corrected chi connectivity index (χ4v) is 4.29. The Morgan fingerprint density at radius 1 is 0.925 bits per heavy atom. The first kappa shape index (κ1) is 26.4. The number of hydrogen-bond acceptors (Lipinski definition) is 6. The maximum Gasteiger partial charge on any atom is 0.323 e. The number of carbonyl (C=O) groups is 1. The van der Waals surface area contributed by atoms with Crippen molar-refractivity contribution in [2.24, 2.45) is 0 Å². The van der Waals surface area contributed by atoms with Gasteiger partial charge < -0.3 is 15.5 Å². The van der Waals surface area contributed by atoms with Gasteiger partial charge in [-0.1, -0.05) is 61.5 Å². The van der Waals surface area contributed by atoms with Crippen LogP contribution >= 0.6 is 0 Å². The highest BCUT2D eigenvalue weighted by atomic mass is 19.1. The lowest BCUT2D eigenvalue weighted by molar-refractivity contribution is 0.262. The molecule has 202 valence electrons. The lowest BCUT2D eigenvalue weighted by Gasteiger charge is -2.25. The van der Waals surface area contributed by atoms with Crippen molar-refractivity contribution in [2.75, 3.05) is 22.1 Å². The van der Waals surface area contributed by atoms with E-state index in [-0.39, 0.29) is 5.69 Å². The van der Waals surface area contributed by atoms with Crippen LogP contribution in [-0.4, -0.2) is 38.2 Å². The molecule has 0 spiro atoms. The third-order valence-corrected chi connectivity index (χ3v) is 6.07. The van der Waals surface area contributed by atoms with Gasteiger partial charge in [0, 0.05) is 42.0 Å². The average molecular weight is 541 g/mol. The van der Waals surface area contributed by atoms with Gasteiger partial charge >= 0.3 is 6.03 Å². The summed E-state index contributed by atoms with van der Waals surface area (Å²) in [5.74, 6) is -0.579. The smallest absolute Gasteiger partial charge is 0.323 e. The number of aromatic nitrogens is 5. The monoisotopic (exact) mass is 540 g/mol. The Bertz CT molecular complexity index is 1600. The lowest BCUT2D eigenvalue weighted by Crippen LogP contribution is -2.25. The van der Waals surface area contributed by atoms with Crippen molar-refractivity contribution in [3.05, 3.63) is 102 Å². The Kier molecular flexibility index (Phi) is 8.00. The van der Waals surface area contributed by atoms with E-state index in [1.165, 1.54) is 0 Å². The SMILES string of the molecule is CCCN(Cc1ccccc1)c1cc(NC(=O)Nc2ccc(F)cc2F)cc(-c2ccccc2-c2nn[nH]n2)n1. The van der Waals surface area contributed by atoms with Gasteiger partial charge in [-0.15, -0.1) is 10.2 Å². The van der Waals surface area contributed by atoms with Gasteiger partial charge in [0.1, 0.15) is 17.5 Å². The minimum atomic E-state index is -0.878. The van der Waals surface area contributed by atoms with E-state index in [1.807, 2.05) is 54.6 Å². The molecule has 0 bridgehead atoms. The van der Waals surface area contributed by atoms with Gasteiger partial charge in [-0.25, -0.2) is 18.6 Å². The van der Waals surface area contributed by atoms with Crippen LogP contribution in [-0.2, 0) is 6.54 Å². The van der Waals surface area contributed by atoms with Crippen LogP contribution in [0.25, 0.3) is 22.6 Å². The standard InChI is InChI=1S/C29H26F2N8O/c1-2-14-39(18-19-8-4-3-5-9-19)27-17-21(32-29(40)34-25-13-12-20(30)15-24(25)31)16-26(33-27)22-10-6-7-11-23(22)28-35-37-38-36-28/h3-13,15-17H,2,14,18H2,1H3,(H2,32,33,34,40)(H,35,36,37,38). The maximum atomic E-state index is 14.2. The van der Waals surface area contributed by atoms with Crippen molar-refractivity contribution in [3.63, 3.8) is 0 Å². The van der Waals surface area contributed by atoms with Crippen molar-refractivity contribution in [1.82, 2.24) is 25.6 Å². The third-order valence-electron chi connectivity index (χ3n) is 6.07. The van der Waals surface area contributed by atoms with Gasteiger partial charge in [0.25, 0.3) is 0 Å². The second kappa shape index (κ2) is 12.1. The van der Waals surface area contributed by atoms with Crippen LogP contribution in [0.3, 0.4) is 0 Å². The Labute approximate surface area is 229 Å². The number of urea groups is 1. The number of nitrogens with zero attached hydrogens (tertiary/aromatic N) is 5. The van der Waals surface area contributed by atoms with Gasteiger partial charge in [0.05, 0.1) is 11.4 Å². The number of hydrogen-bond donors (Lipinski definition) is 3. The van der Waals surface area contributed by atoms with E-state index in [2.05, 4.69) is 43.1 Å². The molecule has 0 aliphatic carbocycles. The van der Waals surface area contributed by atoms with Gasteiger partial charge in [-0.2, -0.15) is 5.21 Å². The number of pyridine rings is 1. The van der Waals surface area contributed by atoms with Gasteiger partial charge in [-0.05, 0) is 35.4 Å². The number of tetrazole rings is 1. The normalized spacial score (nSPS) is 10.8. The van der Waals surface area contributed by atoms with Gasteiger partial charge in [0.2, 0.25) is 5.82 Å². The molecule has 0 fully saturated rings. The van der Waals surface area contributed by atoms with Crippen LogP contribution in [0.2, 0.25) is 0 Å². The van der Waals surface area contributed by atoms with Gasteiger partial charge in [-0.3, -0.25) is 0 Å². The Balaban J connectivity index is 1.54. The Morgan fingerprint density at radius 3 is 2.42 bits per heavy atom. The molecule has 11 heteroatoms. The molecule has 3 aromatic carbocycles. The van der Waals surface area contributed by atoms with Crippen molar-refractivity contribution in [3.8, 4) is 22.6 Å². The van der Waals surface area contributed by atoms with Crippen LogP contribution in [0.4, 0.5) is 30.8 Å². The molecule has 0 radical (unpaired) electrons. The van der Waals surface area contributed by atoms with Crippen molar-refractivity contribution >= 4 is 23.2 Å². The summed E-state index contributed by atoms with van der Waals surface area (Å²) < 4.78 is 27.5. The molecule has 40 heavy (non-hydrogen) atoms. The average Bonchev–Trinajstić information content (AvgIpc) is 3.50. The molecule has 0 atom stereocenters. The molecular weight excluding hydrogens is 514 g/mol. The van der Waals surface area contributed by atoms with Crippen molar-refractivity contribution < 1.29 is 13.6 Å². The van der Waals surface area contributed by atoms with Gasteiger partial charge in [0.15, 0.2) is 0 Å². The van der Waals surface area contributed by atoms with Crippen LogP contribution in [0.1, 0.15) is 18.9 Å². The maximum absolute atomic E-state index is 14.2. The number of halogens is 2. The van der Waals surface area contributed by atoms with E-state index in [1.54, 1.807) is 12.1 Å².